The molecule has 0 aliphatic rings. The van der Waals surface area contributed by atoms with E-state index in [-0.39, 0.29) is 12.0 Å². The van der Waals surface area contributed by atoms with E-state index in [4.69, 9.17) is 10.5 Å². The van der Waals surface area contributed by atoms with Crippen LogP contribution in [0.4, 0.5) is 0 Å². The molecule has 0 saturated heterocycles. The van der Waals surface area contributed by atoms with Gasteiger partial charge in [0.2, 0.25) is 0 Å². The smallest absolute Gasteiger partial charge is 0.305 e. The van der Waals surface area contributed by atoms with E-state index in [9.17, 15) is 4.79 Å². The Hall–Kier alpha value is -1.39. The van der Waals surface area contributed by atoms with Gasteiger partial charge in [-0.15, -0.1) is 0 Å². The average Bonchev–Trinajstić information content (AvgIpc) is 2.36. The summed E-state index contributed by atoms with van der Waals surface area (Å²) in [6, 6.07) is 7.75. The first-order valence-corrected chi connectivity index (χ1v) is 5.57. The van der Waals surface area contributed by atoms with Crippen LogP contribution >= 0.6 is 0 Å². The molecule has 94 valence electrons. The topological polar surface area (TPSA) is 61.5 Å². The van der Waals surface area contributed by atoms with Crippen molar-refractivity contribution in [3.8, 4) is 0 Å². The first-order chi connectivity index (χ1) is 8.17. The van der Waals surface area contributed by atoms with E-state index in [1.165, 1.54) is 7.11 Å². The van der Waals surface area contributed by atoms with Crippen LogP contribution in [0.25, 0.3) is 0 Å². The summed E-state index contributed by atoms with van der Waals surface area (Å²) >= 11 is 0. The second-order valence-corrected chi connectivity index (χ2v) is 3.90. The zero-order chi connectivity index (χ0) is 12.7. The summed E-state index contributed by atoms with van der Waals surface area (Å²) in [5, 5.41) is 0. The Morgan fingerprint density at radius 3 is 2.82 bits per heavy atom. The average molecular weight is 237 g/mol. The molecule has 1 rings (SSSR count). The zero-order valence-corrected chi connectivity index (χ0v) is 10.3. The van der Waals surface area contributed by atoms with Gasteiger partial charge in [-0.3, -0.25) is 4.79 Å². The fourth-order valence-corrected chi connectivity index (χ4v) is 1.62. The van der Waals surface area contributed by atoms with Crippen molar-refractivity contribution in [3.05, 3.63) is 35.4 Å². The van der Waals surface area contributed by atoms with Crippen LogP contribution in [0.2, 0.25) is 0 Å². The van der Waals surface area contributed by atoms with E-state index in [1.54, 1.807) is 7.11 Å². The number of ether oxygens (including phenoxy) is 2. The van der Waals surface area contributed by atoms with Gasteiger partial charge in [-0.25, -0.2) is 0 Å². The maximum atomic E-state index is 11.0. The number of esters is 1. The molecule has 1 aromatic rings. The van der Waals surface area contributed by atoms with Gasteiger partial charge in [0, 0.05) is 19.6 Å². The Bertz CT molecular complexity index is 365. The maximum absolute atomic E-state index is 11.0. The highest BCUT2D eigenvalue weighted by atomic mass is 16.5. The molecular weight excluding hydrogens is 218 g/mol. The number of methoxy groups -OCH3 is 2. The van der Waals surface area contributed by atoms with Gasteiger partial charge in [0.15, 0.2) is 0 Å². The number of hydrogen-bond donors (Lipinski definition) is 1. The SMILES string of the molecule is COCc1cccc(C(N)CCC(=O)OC)c1. The van der Waals surface area contributed by atoms with Gasteiger partial charge in [0.25, 0.3) is 0 Å². The summed E-state index contributed by atoms with van der Waals surface area (Å²) in [7, 11) is 3.04. The second kappa shape index (κ2) is 7.04. The Balaban J connectivity index is 2.58. The molecule has 0 saturated carbocycles. The summed E-state index contributed by atoms with van der Waals surface area (Å²) in [6.07, 6.45) is 0.926. The summed E-state index contributed by atoms with van der Waals surface area (Å²) in [5.74, 6) is -0.228. The largest absolute Gasteiger partial charge is 0.469 e. The van der Waals surface area contributed by atoms with Gasteiger partial charge in [-0.2, -0.15) is 0 Å². The third-order valence-corrected chi connectivity index (χ3v) is 2.58. The van der Waals surface area contributed by atoms with Gasteiger partial charge in [0.1, 0.15) is 0 Å². The number of carbonyl (C=O) groups excluding carboxylic acids is 1. The van der Waals surface area contributed by atoms with Crippen molar-refractivity contribution >= 4 is 5.97 Å². The molecule has 0 amide bonds. The number of rotatable bonds is 6. The van der Waals surface area contributed by atoms with Crippen LogP contribution in [-0.4, -0.2) is 20.2 Å². The Kier molecular flexibility index (Phi) is 5.66. The monoisotopic (exact) mass is 237 g/mol. The molecular formula is C13H19NO3. The number of carbonyl (C=O) groups is 1. The van der Waals surface area contributed by atoms with Crippen LogP contribution in [0.3, 0.4) is 0 Å². The van der Waals surface area contributed by atoms with Crippen LogP contribution in [-0.2, 0) is 20.9 Å². The molecule has 0 bridgehead atoms. The highest BCUT2D eigenvalue weighted by Crippen LogP contribution is 2.17. The normalized spacial score (nSPS) is 12.2. The maximum Gasteiger partial charge on any atom is 0.305 e. The molecule has 2 N–H and O–H groups in total. The van der Waals surface area contributed by atoms with Crippen LogP contribution in [0, 0.1) is 0 Å². The molecule has 4 nitrogen and oxygen atoms in total. The molecule has 4 heteroatoms. The zero-order valence-electron chi connectivity index (χ0n) is 10.3. The first kappa shape index (κ1) is 13.7. The lowest BCUT2D eigenvalue weighted by Crippen LogP contribution is -2.13. The fraction of sp³-hybridized carbons (Fsp3) is 0.462. The van der Waals surface area contributed by atoms with Crippen LogP contribution in [0.1, 0.15) is 30.0 Å². The fourth-order valence-electron chi connectivity index (χ4n) is 1.62. The van der Waals surface area contributed by atoms with Crippen LogP contribution in [0.15, 0.2) is 24.3 Å². The van der Waals surface area contributed by atoms with Crippen molar-refractivity contribution in [1.82, 2.24) is 0 Å². The van der Waals surface area contributed by atoms with Crippen molar-refractivity contribution in [3.63, 3.8) is 0 Å². The predicted octanol–water partition coefficient (Wildman–Crippen LogP) is 1.79. The third kappa shape index (κ3) is 4.54. The third-order valence-electron chi connectivity index (χ3n) is 2.58. The molecule has 1 unspecified atom stereocenters. The van der Waals surface area contributed by atoms with Gasteiger partial charge in [0.05, 0.1) is 13.7 Å². The molecule has 0 aliphatic carbocycles. The van der Waals surface area contributed by atoms with Gasteiger partial charge in [-0.05, 0) is 17.5 Å². The minimum Gasteiger partial charge on any atom is -0.469 e. The van der Waals surface area contributed by atoms with Gasteiger partial charge < -0.3 is 15.2 Å². The van der Waals surface area contributed by atoms with Crippen molar-refractivity contribution in [2.45, 2.75) is 25.5 Å². The Morgan fingerprint density at radius 1 is 1.41 bits per heavy atom. The van der Waals surface area contributed by atoms with E-state index in [1.807, 2.05) is 24.3 Å². The van der Waals surface area contributed by atoms with Crippen molar-refractivity contribution < 1.29 is 14.3 Å². The van der Waals surface area contributed by atoms with Crippen molar-refractivity contribution in [1.29, 1.82) is 0 Å². The summed E-state index contributed by atoms with van der Waals surface area (Å²) < 4.78 is 9.65. The minimum atomic E-state index is -0.228. The standard InChI is InChI=1S/C13H19NO3/c1-16-9-10-4-3-5-11(8-10)12(14)6-7-13(15)17-2/h3-5,8,12H,6-7,9,14H2,1-2H3. The lowest BCUT2D eigenvalue weighted by molar-refractivity contribution is -0.140. The summed E-state index contributed by atoms with van der Waals surface area (Å²) in [4.78, 5) is 11.0. The molecule has 0 aromatic heterocycles. The molecule has 0 heterocycles. The predicted molar refractivity (Wildman–Crippen MR) is 65.3 cm³/mol. The van der Waals surface area contributed by atoms with Crippen molar-refractivity contribution in [2.75, 3.05) is 14.2 Å². The van der Waals surface area contributed by atoms with E-state index >= 15 is 0 Å². The number of nitrogens with two attached hydrogens (primary N) is 1. The summed E-state index contributed by atoms with van der Waals surface area (Å²) in [6.45, 7) is 0.567. The Morgan fingerprint density at radius 2 is 2.18 bits per heavy atom. The number of hydrogen-bond acceptors (Lipinski definition) is 4. The van der Waals surface area contributed by atoms with Crippen LogP contribution in [0.5, 0.6) is 0 Å². The number of benzene rings is 1. The van der Waals surface area contributed by atoms with E-state index in [0.29, 0.717) is 19.4 Å². The lowest BCUT2D eigenvalue weighted by Gasteiger charge is -2.12. The second-order valence-electron chi connectivity index (χ2n) is 3.90. The molecule has 1 atom stereocenters. The molecule has 17 heavy (non-hydrogen) atoms. The molecule has 1 aromatic carbocycles. The minimum absolute atomic E-state index is 0.147. The van der Waals surface area contributed by atoms with E-state index < -0.39 is 0 Å². The van der Waals surface area contributed by atoms with Gasteiger partial charge in [-0.1, -0.05) is 24.3 Å². The summed E-state index contributed by atoms with van der Waals surface area (Å²) in [5.41, 5.74) is 8.11. The lowest BCUT2D eigenvalue weighted by atomic mass is 10.0. The van der Waals surface area contributed by atoms with E-state index in [0.717, 1.165) is 11.1 Å². The highest BCUT2D eigenvalue weighted by molar-refractivity contribution is 5.69. The van der Waals surface area contributed by atoms with Crippen LogP contribution < -0.4 is 5.73 Å². The molecule has 0 spiro atoms. The highest BCUT2D eigenvalue weighted by Gasteiger charge is 2.09. The van der Waals surface area contributed by atoms with Crippen molar-refractivity contribution in [2.24, 2.45) is 5.73 Å². The Labute approximate surface area is 102 Å². The van der Waals surface area contributed by atoms with E-state index in [2.05, 4.69) is 4.74 Å². The molecule has 0 aliphatic heterocycles. The molecule has 0 fully saturated rings. The molecule has 0 radical (unpaired) electrons. The first-order valence-electron chi connectivity index (χ1n) is 5.57. The van der Waals surface area contributed by atoms with Gasteiger partial charge >= 0.3 is 5.97 Å². The quantitative estimate of drug-likeness (QED) is 0.766.